The average Bonchev–Trinajstić information content (AvgIpc) is 2.72. The maximum Gasteiger partial charge on any atom is 0.416 e. The summed E-state index contributed by atoms with van der Waals surface area (Å²) in [6.07, 6.45) is -4.46. The molecular formula is C20H21F3N4O4. The van der Waals surface area contributed by atoms with E-state index >= 15 is 0 Å². The lowest BCUT2D eigenvalue weighted by atomic mass is 10.1. The number of amides is 2. The molecule has 8 nitrogen and oxygen atoms in total. The molecule has 31 heavy (non-hydrogen) atoms. The van der Waals surface area contributed by atoms with Crippen molar-refractivity contribution in [3.8, 4) is 0 Å². The molecule has 0 aliphatic carbocycles. The summed E-state index contributed by atoms with van der Waals surface area (Å²) in [5.41, 5.74) is 0.454. The number of fused-ring (bicyclic) bond motifs is 1. The van der Waals surface area contributed by atoms with E-state index < -0.39 is 29.3 Å². The molecule has 3 rings (SSSR count). The summed E-state index contributed by atoms with van der Waals surface area (Å²) in [5.74, 6) is -0.501. The summed E-state index contributed by atoms with van der Waals surface area (Å²) in [4.78, 5) is 37.8. The molecular weight excluding hydrogens is 417 g/mol. The molecule has 0 saturated heterocycles. The van der Waals surface area contributed by atoms with Gasteiger partial charge >= 0.3 is 12.3 Å². The fraction of sp³-hybridized carbons (Fsp3) is 0.400. The summed E-state index contributed by atoms with van der Waals surface area (Å²) >= 11 is 0. The predicted octanol–water partition coefficient (Wildman–Crippen LogP) is 2.09. The Morgan fingerprint density at radius 1 is 1.23 bits per heavy atom. The highest BCUT2D eigenvalue weighted by Gasteiger charge is 2.30. The van der Waals surface area contributed by atoms with E-state index in [9.17, 15) is 27.6 Å². The molecule has 2 aromatic rings. The van der Waals surface area contributed by atoms with Crippen molar-refractivity contribution in [2.75, 3.05) is 13.2 Å². The van der Waals surface area contributed by atoms with Gasteiger partial charge < -0.3 is 15.0 Å². The number of hydrogen-bond acceptors (Lipinski definition) is 5. The quantitative estimate of drug-likeness (QED) is 0.772. The van der Waals surface area contributed by atoms with Gasteiger partial charge in [-0.3, -0.25) is 9.59 Å². The maximum absolute atomic E-state index is 12.6. The van der Waals surface area contributed by atoms with Crippen molar-refractivity contribution in [1.29, 1.82) is 0 Å². The van der Waals surface area contributed by atoms with Gasteiger partial charge in [-0.05, 0) is 24.6 Å². The molecule has 166 valence electrons. The largest absolute Gasteiger partial charge is 0.450 e. The van der Waals surface area contributed by atoms with E-state index in [1.54, 1.807) is 6.92 Å². The highest BCUT2D eigenvalue weighted by Crippen LogP contribution is 2.29. The van der Waals surface area contributed by atoms with Crippen LogP contribution in [0.5, 0.6) is 0 Å². The molecule has 0 bridgehead atoms. The Labute approximate surface area is 175 Å². The predicted molar refractivity (Wildman–Crippen MR) is 103 cm³/mol. The van der Waals surface area contributed by atoms with Crippen molar-refractivity contribution < 1.29 is 27.5 Å². The first-order valence-corrected chi connectivity index (χ1v) is 9.62. The molecule has 0 atom stereocenters. The number of benzene rings is 1. The summed E-state index contributed by atoms with van der Waals surface area (Å²) < 4.78 is 43.8. The summed E-state index contributed by atoms with van der Waals surface area (Å²) in [6, 6.07) is 5.79. The molecule has 2 heterocycles. The van der Waals surface area contributed by atoms with Crippen LogP contribution >= 0.6 is 0 Å². The van der Waals surface area contributed by atoms with Gasteiger partial charge in [0.2, 0.25) is 5.91 Å². The van der Waals surface area contributed by atoms with Crippen LogP contribution in [-0.2, 0) is 41.8 Å². The van der Waals surface area contributed by atoms with Crippen molar-refractivity contribution >= 4 is 12.0 Å². The molecule has 1 aliphatic heterocycles. The maximum atomic E-state index is 12.6. The Kier molecular flexibility index (Phi) is 6.62. The molecule has 2 amide bonds. The van der Waals surface area contributed by atoms with E-state index in [0.717, 1.165) is 16.8 Å². The SMILES string of the molecule is CCOC(=O)N1CCc2nn(CC(=O)NCc3ccc(C(F)(F)F)cc3)c(=O)cc2C1. The monoisotopic (exact) mass is 438 g/mol. The zero-order valence-corrected chi connectivity index (χ0v) is 16.7. The van der Waals surface area contributed by atoms with Gasteiger partial charge in [0.25, 0.3) is 5.56 Å². The number of carbonyl (C=O) groups is 2. The lowest BCUT2D eigenvalue weighted by Crippen LogP contribution is -2.40. The summed E-state index contributed by atoms with van der Waals surface area (Å²) in [5, 5.41) is 6.79. The van der Waals surface area contributed by atoms with Gasteiger partial charge in [-0.25, -0.2) is 9.48 Å². The molecule has 0 saturated carbocycles. The van der Waals surface area contributed by atoms with Crippen molar-refractivity contribution in [2.24, 2.45) is 0 Å². The Morgan fingerprint density at radius 3 is 2.58 bits per heavy atom. The molecule has 0 fully saturated rings. The zero-order chi connectivity index (χ0) is 22.6. The van der Waals surface area contributed by atoms with Crippen LogP contribution in [0.1, 0.15) is 29.3 Å². The Bertz CT molecular complexity index is 1020. The van der Waals surface area contributed by atoms with Crippen molar-refractivity contribution in [2.45, 2.75) is 39.2 Å². The van der Waals surface area contributed by atoms with Crippen LogP contribution in [0.25, 0.3) is 0 Å². The minimum atomic E-state index is -4.42. The van der Waals surface area contributed by atoms with Gasteiger partial charge in [0, 0.05) is 31.1 Å². The normalized spacial score (nSPS) is 13.5. The van der Waals surface area contributed by atoms with Gasteiger partial charge in [0.05, 0.1) is 24.4 Å². The molecule has 11 heteroatoms. The molecule has 1 aromatic carbocycles. The van der Waals surface area contributed by atoms with Crippen LogP contribution in [0, 0.1) is 0 Å². The Balaban J connectivity index is 1.60. The van der Waals surface area contributed by atoms with Crippen LogP contribution in [0.15, 0.2) is 35.1 Å². The molecule has 1 N–H and O–H groups in total. The fourth-order valence-corrected chi connectivity index (χ4v) is 3.13. The van der Waals surface area contributed by atoms with E-state index in [1.807, 2.05) is 0 Å². The molecule has 0 spiro atoms. The van der Waals surface area contributed by atoms with E-state index in [0.29, 0.717) is 29.8 Å². The first kappa shape index (κ1) is 22.3. The number of hydrogen-bond donors (Lipinski definition) is 1. The van der Waals surface area contributed by atoms with E-state index in [-0.39, 0.29) is 26.2 Å². The smallest absolute Gasteiger partial charge is 0.416 e. The number of halogens is 3. The fourth-order valence-electron chi connectivity index (χ4n) is 3.13. The molecule has 0 unspecified atom stereocenters. The van der Waals surface area contributed by atoms with Gasteiger partial charge in [-0.2, -0.15) is 18.3 Å². The second-order valence-electron chi connectivity index (χ2n) is 6.95. The number of ether oxygens (including phenoxy) is 1. The van der Waals surface area contributed by atoms with E-state index in [1.165, 1.54) is 23.1 Å². The van der Waals surface area contributed by atoms with Crippen LogP contribution in [-0.4, -0.2) is 39.8 Å². The van der Waals surface area contributed by atoms with Crippen LogP contribution in [0.3, 0.4) is 0 Å². The van der Waals surface area contributed by atoms with Gasteiger partial charge in [0.1, 0.15) is 6.54 Å². The number of alkyl halides is 3. The van der Waals surface area contributed by atoms with Crippen LogP contribution in [0.2, 0.25) is 0 Å². The number of nitrogens with zero attached hydrogens (tertiary/aromatic N) is 3. The van der Waals surface area contributed by atoms with E-state index in [2.05, 4.69) is 10.4 Å². The minimum Gasteiger partial charge on any atom is -0.450 e. The van der Waals surface area contributed by atoms with Crippen LogP contribution < -0.4 is 10.9 Å². The zero-order valence-electron chi connectivity index (χ0n) is 16.7. The van der Waals surface area contributed by atoms with E-state index in [4.69, 9.17) is 4.74 Å². The van der Waals surface area contributed by atoms with Crippen molar-refractivity contribution in [3.05, 3.63) is 63.1 Å². The Morgan fingerprint density at radius 2 is 1.94 bits per heavy atom. The third-order valence-corrected chi connectivity index (χ3v) is 4.73. The topological polar surface area (TPSA) is 93.5 Å². The Hall–Kier alpha value is -3.37. The van der Waals surface area contributed by atoms with Crippen molar-refractivity contribution in [1.82, 2.24) is 20.0 Å². The number of rotatable bonds is 5. The van der Waals surface area contributed by atoms with Crippen LogP contribution in [0.4, 0.5) is 18.0 Å². The highest BCUT2D eigenvalue weighted by molar-refractivity contribution is 5.75. The lowest BCUT2D eigenvalue weighted by Gasteiger charge is -2.27. The molecule has 0 radical (unpaired) electrons. The lowest BCUT2D eigenvalue weighted by molar-refractivity contribution is -0.137. The minimum absolute atomic E-state index is 0.0190. The second-order valence-corrected chi connectivity index (χ2v) is 6.95. The summed E-state index contributed by atoms with van der Waals surface area (Å²) in [7, 11) is 0. The first-order valence-electron chi connectivity index (χ1n) is 9.62. The number of carbonyl (C=O) groups excluding carboxylic acids is 2. The van der Waals surface area contributed by atoms with Gasteiger partial charge in [-0.15, -0.1) is 0 Å². The average molecular weight is 438 g/mol. The van der Waals surface area contributed by atoms with Crippen molar-refractivity contribution in [3.63, 3.8) is 0 Å². The highest BCUT2D eigenvalue weighted by atomic mass is 19.4. The molecule has 1 aliphatic rings. The molecule has 1 aromatic heterocycles. The van der Waals surface area contributed by atoms with Gasteiger partial charge in [0.15, 0.2) is 0 Å². The second kappa shape index (κ2) is 9.19. The van der Waals surface area contributed by atoms with Gasteiger partial charge in [-0.1, -0.05) is 12.1 Å². The number of nitrogens with one attached hydrogen (secondary N) is 1. The number of aromatic nitrogens is 2. The third-order valence-electron chi connectivity index (χ3n) is 4.73. The summed E-state index contributed by atoms with van der Waals surface area (Å²) in [6.45, 7) is 2.25. The third kappa shape index (κ3) is 5.62. The standard InChI is InChI=1S/C20H21F3N4O4/c1-2-31-19(30)26-8-7-16-14(11-26)9-18(29)27(25-16)12-17(28)24-10-13-3-5-15(6-4-13)20(21,22)23/h3-6,9H,2,7-8,10-12H2,1H3,(H,24,28). The first-order chi connectivity index (χ1) is 14.7.